The zero-order valence-corrected chi connectivity index (χ0v) is 22.6. The van der Waals surface area contributed by atoms with E-state index in [2.05, 4.69) is 28.9 Å². The second-order valence-corrected chi connectivity index (χ2v) is 12.5. The molecule has 2 aliphatic rings. The first-order chi connectivity index (χ1) is 18.7. The number of nitrogens with zero attached hydrogens (tertiary/aromatic N) is 4. The van der Waals surface area contributed by atoms with Crippen molar-refractivity contribution in [1.82, 2.24) is 14.5 Å². The Morgan fingerprint density at radius 2 is 1.79 bits per heavy atom. The number of benzene rings is 3. The van der Waals surface area contributed by atoms with Gasteiger partial charge in [-0.2, -0.15) is 0 Å². The monoisotopic (exact) mass is 544 g/mol. The van der Waals surface area contributed by atoms with E-state index >= 15 is 0 Å². The molecule has 3 aromatic carbocycles. The summed E-state index contributed by atoms with van der Waals surface area (Å²) in [6.07, 6.45) is 5.73. The van der Waals surface area contributed by atoms with Gasteiger partial charge in [-0.25, -0.2) is 22.6 Å². The number of amides is 1. The maximum atomic E-state index is 14.8. The van der Waals surface area contributed by atoms with E-state index in [0.717, 1.165) is 19.3 Å². The van der Waals surface area contributed by atoms with E-state index in [0.29, 0.717) is 35.5 Å². The molecule has 1 aromatic heterocycles. The van der Waals surface area contributed by atoms with Crippen LogP contribution < -0.4 is 4.90 Å². The van der Waals surface area contributed by atoms with Crippen molar-refractivity contribution in [3.8, 4) is 11.1 Å². The summed E-state index contributed by atoms with van der Waals surface area (Å²) in [7, 11) is -3.37. The summed E-state index contributed by atoms with van der Waals surface area (Å²) in [6, 6.07) is 21.0. The summed E-state index contributed by atoms with van der Waals surface area (Å²) in [6.45, 7) is 3.70. The second-order valence-electron chi connectivity index (χ2n) is 10.5. The predicted octanol–water partition coefficient (Wildman–Crippen LogP) is 5.46. The summed E-state index contributed by atoms with van der Waals surface area (Å²) in [4.78, 5) is 22.9. The van der Waals surface area contributed by atoms with Gasteiger partial charge in [0.15, 0.2) is 9.84 Å². The third-order valence-electron chi connectivity index (χ3n) is 7.97. The quantitative estimate of drug-likeness (QED) is 0.334. The van der Waals surface area contributed by atoms with E-state index in [-0.39, 0.29) is 17.0 Å². The van der Waals surface area contributed by atoms with Crippen LogP contribution in [-0.4, -0.2) is 47.7 Å². The summed E-state index contributed by atoms with van der Waals surface area (Å²) < 4.78 is 40.4. The number of hydrogen-bond acceptors (Lipinski definition) is 5. The third-order valence-corrected chi connectivity index (χ3v) is 9.10. The van der Waals surface area contributed by atoms with E-state index in [1.54, 1.807) is 40.1 Å². The van der Waals surface area contributed by atoms with Crippen molar-refractivity contribution in [3.63, 3.8) is 0 Å². The molecule has 0 aliphatic carbocycles. The van der Waals surface area contributed by atoms with Crippen LogP contribution in [0, 0.1) is 5.82 Å². The summed E-state index contributed by atoms with van der Waals surface area (Å²) >= 11 is 0. The van der Waals surface area contributed by atoms with Gasteiger partial charge in [-0.3, -0.25) is 14.4 Å². The molecule has 2 unspecified atom stereocenters. The van der Waals surface area contributed by atoms with Crippen LogP contribution >= 0.6 is 0 Å². The van der Waals surface area contributed by atoms with E-state index in [4.69, 9.17) is 0 Å². The lowest BCUT2D eigenvalue weighted by Gasteiger charge is -2.47. The van der Waals surface area contributed by atoms with Crippen LogP contribution in [0.5, 0.6) is 0 Å². The highest BCUT2D eigenvalue weighted by Gasteiger charge is 2.55. The molecule has 4 aromatic rings. The number of anilines is 1. The standard InChI is InChI=1S/C30H29FN4O3S/c1-21-19-30(14-16-33(21)20-22-6-4-3-5-7-22)28-32-15-17-34(28)29(36)35(30)27-18-24(31)10-13-26(27)23-8-11-25(12-9-23)39(2,37)38/h3-13,15,17-18,21H,14,16,19-20H2,1-2H3. The number of carbonyl (C=O) groups excluding carboxylic acids is 1. The predicted molar refractivity (Wildman–Crippen MR) is 148 cm³/mol. The number of rotatable bonds is 5. The Morgan fingerprint density at radius 3 is 2.49 bits per heavy atom. The van der Waals surface area contributed by atoms with Crippen LogP contribution in [0.1, 0.15) is 31.2 Å². The summed E-state index contributed by atoms with van der Waals surface area (Å²) in [5.41, 5.74) is 2.27. The first-order valence-electron chi connectivity index (χ1n) is 12.9. The van der Waals surface area contributed by atoms with Gasteiger partial charge in [0.1, 0.15) is 17.2 Å². The Hall–Kier alpha value is -3.82. The van der Waals surface area contributed by atoms with Crippen LogP contribution in [0.15, 0.2) is 90.1 Å². The number of sulfone groups is 1. The molecule has 0 bridgehead atoms. The van der Waals surface area contributed by atoms with Gasteiger partial charge in [0.25, 0.3) is 0 Å². The highest BCUT2D eigenvalue weighted by Crippen LogP contribution is 2.49. The number of likely N-dealkylation sites (tertiary alicyclic amines) is 1. The highest BCUT2D eigenvalue weighted by molar-refractivity contribution is 7.90. The minimum atomic E-state index is -3.37. The van der Waals surface area contributed by atoms with Gasteiger partial charge in [0.2, 0.25) is 0 Å². The number of aromatic nitrogens is 2. The topological polar surface area (TPSA) is 75.5 Å². The average molecular weight is 545 g/mol. The van der Waals surface area contributed by atoms with Crippen molar-refractivity contribution in [2.75, 3.05) is 17.7 Å². The lowest BCUT2D eigenvalue weighted by Crippen LogP contribution is -2.55. The molecule has 7 nitrogen and oxygen atoms in total. The lowest BCUT2D eigenvalue weighted by molar-refractivity contribution is 0.0968. The molecular formula is C30H29FN4O3S. The molecule has 39 heavy (non-hydrogen) atoms. The maximum absolute atomic E-state index is 14.8. The number of piperidine rings is 1. The van der Waals surface area contributed by atoms with Gasteiger partial charge in [-0.15, -0.1) is 0 Å². The lowest BCUT2D eigenvalue weighted by atomic mass is 9.81. The fourth-order valence-electron chi connectivity index (χ4n) is 6.07. The van der Waals surface area contributed by atoms with Crippen molar-refractivity contribution in [2.24, 2.45) is 0 Å². The SMILES string of the molecule is CC1CC2(CCN1Cc1ccccc1)c1nccn1C(=O)N2c1cc(F)ccc1-c1ccc(S(C)(=O)=O)cc1. The molecule has 2 atom stereocenters. The van der Waals surface area contributed by atoms with Crippen LogP contribution in [0.25, 0.3) is 11.1 Å². The van der Waals surface area contributed by atoms with Crippen molar-refractivity contribution in [1.29, 1.82) is 0 Å². The molecule has 1 spiro atoms. The molecule has 0 saturated carbocycles. The Kier molecular flexibility index (Phi) is 6.15. The first kappa shape index (κ1) is 25.5. The fourth-order valence-corrected chi connectivity index (χ4v) is 6.70. The number of imidazole rings is 1. The van der Waals surface area contributed by atoms with E-state index in [1.807, 2.05) is 18.2 Å². The molecule has 2 aliphatic heterocycles. The molecule has 0 N–H and O–H groups in total. The van der Waals surface area contributed by atoms with Gasteiger partial charge >= 0.3 is 6.03 Å². The van der Waals surface area contributed by atoms with E-state index < -0.39 is 21.2 Å². The minimum Gasteiger partial charge on any atom is -0.296 e. The Morgan fingerprint density at radius 1 is 1.05 bits per heavy atom. The van der Waals surface area contributed by atoms with Crippen LogP contribution in [0.2, 0.25) is 0 Å². The smallest absolute Gasteiger partial charge is 0.296 e. The fraction of sp³-hybridized carbons (Fsp3) is 0.267. The van der Waals surface area contributed by atoms with Crippen molar-refractivity contribution in [2.45, 2.75) is 42.8 Å². The normalized spacial score (nSPS) is 21.5. The molecule has 0 radical (unpaired) electrons. The Labute approximate surface area is 227 Å². The summed E-state index contributed by atoms with van der Waals surface area (Å²) in [5.74, 6) is 0.213. The minimum absolute atomic E-state index is 0.128. The second kappa shape index (κ2) is 9.43. The van der Waals surface area contributed by atoms with Gasteiger partial charge in [0.05, 0.1) is 10.6 Å². The Bertz CT molecular complexity index is 1650. The molecule has 1 amide bonds. The Balaban J connectivity index is 1.42. The first-order valence-corrected chi connectivity index (χ1v) is 14.8. The van der Waals surface area contributed by atoms with Crippen LogP contribution in [0.3, 0.4) is 0 Å². The van der Waals surface area contributed by atoms with Gasteiger partial charge in [-0.1, -0.05) is 42.5 Å². The zero-order chi connectivity index (χ0) is 27.4. The highest BCUT2D eigenvalue weighted by atomic mass is 32.2. The molecule has 6 rings (SSSR count). The van der Waals surface area contributed by atoms with Crippen molar-refractivity contribution >= 4 is 21.6 Å². The van der Waals surface area contributed by atoms with E-state index in [1.165, 1.54) is 29.8 Å². The molecule has 200 valence electrons. The number of halogens is 1. The maximum Gasteiger partial charge on any atom is 0.335 e. The summed E-state index contributed by atoms with van der Waals surface area (Å²) in [5, 5.41) is 0. The number of hydrogen-bond donors (Lipinski definition) is 0. The van der Waals surface area contributed by atoms with Gasteiger partial charge in [0, 0.05) is 43.3 Å². The molecule has 1 saturated heterocycles. The number of fused-ring (bicyclic) bond motifs is 2. The van der Waals surface area contributed by atoms with Crippen molar-refractivity contribution < 1.29 is 17.6 Å². The molecule has 3 heterocycles. The van der Waals surface area contributed by atoms with Crippen molar-refractivity contribution in [3.05, 3.63) is 102 Å². The average Bonchev–Trinajstić information content (AvgIpc) is 3.48. The van der Waals surface area contributed by atoms with Gasteiger partial charge in [-0.05, 0) is 61.2 Å². The van der Waals surface area contributed by atoms with Gasteiger partial charge < -0.3 is 0 Å². The van der Waals surface area contributed by atoms with E-state index in [9.17, 15) is 17.6 Å². The zero-order valence-electron chi connectivity index (χ0n) is 21.8. The molecular weight excluding hydrogens is 515 g/mol. The van der Waals surface area contributed by atoms with Crippen LogP contribution in [-0.2, 0) is 21.9 Å². The van der Waals surface area contributed by atoms with Crippen LogP contribution in [0.4, 0.5) is 14.9 Å². The molecule has 1 fully saturated rings. The third kappa shape index (κ3) is 4.35. The molecule has 9 heteroatoms. The number of carbonyl (C=O) groups is 1. The largest absolute Gasteiger partial charge is 0.335 e.